The van der Waals surface area contributed by atoms with E-state index >= 15 is 0 Å². The van der Waals surface area contributed by atoms with Crippen molar-refractivity contribution in [3.05, 3.63) is 70.8 Å². The van der Waals surface area contributed by atoms with Gasteiger partial charge in [-0.3, -0.25) is 14.5 Å². The van der Waals surface area contributed by atoms with E-state index in [9.17, 15) is 4.39 Å². The number of nitrogens with zero attached hydrogens (tertiary/aromatic N) is 6. The van der Waals surface area contributed by atoms with E-state index in [-0.39, 0.29) is 5.82 Å². The Balaban J connectivity index is 1.42. The van der Waals surface area contributed by atoms with Gasteiger partial charge >= 0.3 is 0 Å². The number of halogens is 2. The predicted octanol–water partition coefficient (Wildman–Crippen LogP) is 3.99. The van der Waals surface area contributed by atoms with Crippen molar-refractivity contribution in [1.29, 1.82) is 0 Å². The lowest BCUT2D eigenvalue weighted by Gasteiger charge is -2.10. The first-order chi connectivity index (χ1) is 15.2. The Hall–Kier alpha value is -3.65. The third-order valence-corrected chi connectivity index (χ3v) is 5.66. The second-order valence-corrected chi connectivity index (χ2v) is 7.75. The van der Waals surface area contributed by atoms with E-state index < -0.39 is 0 Å². The minimum absolute atomic E-state index is 0.366. The van der Waals surface area contributed by atoms with Gasteiger partial charge < -0.3 is 5.32 Å². The molecule has 7 nitrogen and oxygen atoms in total. The molecule has 31 heavy (non-hydrogen) atoms. The molecule has 0 bridgehead atoms. The molecule has 0 unspecified atom stereocenters. The summed E-state index contributed by atoms with van der Waals surface area (Å²) in [6, 6.07) is 10.2. The van der Waals surface area contributed by atoms with Gasteiger partial charge in [-0.05, 0) is 36.4 Å². The fourth-order valence-electron chi connectivity index (χ4n) is 3.96. The number of nitrogens with one attached hydrogen (secondary N) is 1. The van der Waals surface area contributed by atoms with Gasteiger partial charge in [-0.25, -0.2) is 9.37 Å². The van der Waals surface area contributed by atoms with Gasteiger partial charge in [-0.2, -0.15) is 0 Å². The van der Waals surface area contributed by atoms with Crippen molar-refractivity contribution in [3.8, 4) is 11.4 Å². The summed E-state index contributed by atoms with van der Waals surface area (Å²) in [6.07, 6.45) is 3.72. The van der Waals surface area contributed by atoms with Crippen molar-refractivity contribution in [2.45, 2.75) is 6.54 Å². The molecule has 1 aromatic carbocycles. The maximum atomic E-state index is 14.5. The van der Waals surface area contributed by atoms with Crippen LogP contribution in [0.15, 0.2) is 53.7 Å². The van der Waals surface area contributed by atoms with Crippen molar-refractivity contribution in [2.75, 3.05) is 18.4 Å². The number of anilines is 1. The summed E-state index contributed by atoms with van der Waals surface area (Å²) in [5, 5.41) is 12.1. The van der Waals surface area contributed by atoms with Gasteiger partial charge in [0.15, 0.2) is 5.82 Å². The molecular formula is C22H15ClFN7. The zero-order valence-electron chi connectivity index (χ0n) is 16.2. The topological polar surface area (TPSA) is 80.9 Å². The summed E-state index contributed by atoms with van der Waals surface area (Å²) < 4.78 is 16.5. The van der Waals surface area contributed by atoms with Crippen LogP contribution in [0.3, 0.4) is 0 Å². The van der Waals surface area contributed by atoms with Crippen molar-refractivity contribution in [2.24, 2.45) is 4.99 Å². The minimum Gasteiger partial charge on any atom is -0.353 e. The van der Waals surface area contributed by atoms with Gasteiger partial charge in [0.1, 0.15) is 5.82 Å². The summed E-state index contributed by atoms with van der Waals surface area (Å²) in [4.78, 5) is 13.8. The van der Waals surface area contributed by atoms with Crippen LogP contribution in [-0.4, -0.2) is 43.5 Å². The first-order valence-electron chi connectivity index (χ1n) is 9.82. The summed E-state index contributed by atoms with van der Waals surface area (Å²) in [6.45, 7) is 2.10. The summed E-state index contributed by atoms with van der Waals surface area (Å²) >= 11 is 6.09. The molecule has 0 saturated heterocycles. The molecule has 0 fully saturated rings. The lowest BCUT2D eigenvalue weighted by molar-refractivity contribution is 0.625. The van der Waals surface area contributed by atoms with Gasteiger partial charge in [0.2, 0.25) is 5.95 Å². The van der Waals surface area contributed by atoms with Gasteiger partial charge in [0.05, 0.1) is 29.0 Å². The van der Waals surface area contributed by atoms with Crippen LogP contribution in [0.2, 0.25) is 5.02 Å². The molecule has 0 spiro atoms. The van der Waals surface area contributed by atoms with E-state index in [4.69, 9.17) is 16.6 Å². The standard InChI is InChI=1S/C22H15ClFN7/c23-13-1-2-16(24)15(10-13)20-14(5-6-25-20)17-3-4-18-19(28-17)9-12(11-27-18)21-29-30-22-26-7-8-31(21)22/h1-5,9-11H,6-8H2,(H,26,30). The highest BCUT2D eigenvalue weighted by molar-refractivity contribution is 6.35. The molecule has 2 aliphatic heterocycles. The molecule has 5 heterocycles. The second kappa shape index (κ2) is 6.95. The molecule has 0 aliphatic carbocycles. The number of benzene rings is 1. The Kier molecular flexibility index (Phi) is 4.07. The third kappa shape index (κ3) is 2.98. The lowest BCUT2D eigenvalue weighted by atomic mass is 9.99. The maximum Gasteiger partial charge on any atom is 0.225 e. The van der Waals surface area contributed by atoms with Crippen LogP contribution in [0, 0.1) is 5.82 Å². The molecule has 1 N–H and O–H groups in total. The highest BCUT2D eigenvalue weighted by Crippen LogP contribution is 2.29. The zero-order valence-corrected chi connectivity index (χ0v) is 16.9. The van der Waals surface area contributed by atoms with Crippen molar-refractivity contribution in [1.82, 2.24) is 24.7 Å². The average molecular weight is 432 g/mol. The fourth-order valence-corrected chi connectivity index (χ4v) is 4.13. The molecular weight excluding hydrogens is 417 g/mol. The number of fused-ring (bicyclic) bond motifs is 2. The molecule has 9 heteroatoms. The first kappa shape index (κ1) is 18.1. The van der Waals surface area contributed by atoms with Crippen LogP contribution in [-0.2, 0) is 6.54 Å². The molecule has 0 atom stereocenters. The largest absolute Gasteiger partial charge is 0.353 e. The number of hydrogen-bond acceptors (Lipinski definition) is 6. The number of hydrogen-bond donors (Lipinski definition) is 1. The van der Waals surface area contributed by atoms with Crippen LogP contribution in [0.25, 0.3) is 28.0 Å². The highest BCUT2D eigenvalue weighted by atomic mass is 35.5. The van der Waals surface area contributed by atoms with Gasteiger partial charge in [-0.1, -0.05) is 17.7 Å². The highest BCUT2D eigenvalue weighted by Gasteiger charge is 2.22. The molecule has 152 valence electrons. The first-order valence-corrected chi connectivity index (χ1v) is 10.2. The number of allylic oxidation sites excluding steroid dienone is 1. The van der Waals surface area contributed by atoms with E-state index in [1.165, 1.54) is 12.1 Å². The van der Waals surface area contributed by atoms with Gasteiger partial charge in [-0.15, -0.1) is 10.2 Å². The number of aliphatic imine (C=N–C) groups is 1. The Labute approximate surface area is 181 Å². The maximum absolute atomic E-state index is 14.5. The quantitative estimate of drug-likeness (QED) is 0.530. The van der Waals surface area contributed by atoms with E-state index in [2.05, 4.69) is 25.5 Å². The molecule has 0 radical (unpaired) electrons. The van der Waals surface area contributed by atoms with Crippen molar-refractivity contribution >= 4 is 39.9 Å². The Morgan fingerprint density at radius 1 is 1.06 bits per heavy atom. The third-order valence-electron chi connectivity index (χ3n) is 5.42. The normalized spacial score (nSPS) is 15.0. The van der Waals surface area contributed by atoms with Gasteiger partial charge in [0, 0.05) is 41.0 Å². The minimum atomic E-state index is -0.366. The SMILES string of the molecule is Fc1ccc(Cl)cc1C1=NCC=C1c1ccc2ncc(-c3nnc4n3CCN4)cc2n1. The van der Waals surface area contributed by atoms with Crippen LogP contribution in [0.5, 0.6) is 0 Å². The van der Waals surface area contributed by atoms with E-state index in [1.807, 2.05) is 28.8 Å². The van der Waals surface area contributed by atoms with Crippen LogP contribution in [0.4, 0.5) is 10.3 Å². The summed E-state index contributed by atoms with van der Waals surface area (Å²) in [5.41, 5.74) is 4.73. The predicted molar refractivity (Wildman–Crippen MR) is 118 cm³/mol. The van der Waals surface area contributed by atoms with Crippen LogP contribution in [0.1, 0.15) is 11.3 Å². The van der Waals surface area contributed by atoms with E-state index in [1.54, 1.807) is 12.3 Å². The monoisotopic (exact) mass is 431 g/mol. The van der Waals surface area contributed by atoms with Gasteiger partial charge in [0.25, 0.3) is 0 Å². The van der Waals surface area contributed by atoms with E-state index in [0.717, 1.165) is 47.0 Å². The van der Waals surface area contributed by atoms with Crippen LogP contribution >= 0.6 is 11.6 Å². The van der Waals surface area contributed by atoms with Crippen molar-refractivity contribution in [3.63, 3.8) is 0 Å². The Bertz CT molecular complexity index is 1420. The summed E-state index contributed by atoms with van der Waals surface area (Å²) in [5.74, 6) is 1.15. The number of rotatable bonds is 3. The average Bonchev–Trinajstić information content (AvgIpc) is 3.52. The molecule has 3 aromatic heterocycles. The molecule has 4 aromatic rings. The zero-order chi connectivity index (χ0) is 20.9. The molecule has 0 saturated carbocycles. The number of pyridine rings is 2. The molecule has 6 rings (SSSR count). The second-order valence-electron chi connectivity index (χ2n) is 7.32. The molecule has 2 aliphatic rings. The Morgan fingerprint density at radius 3 is 2.94 bits per heavy atom. The molecule has 0 amide bonds. The Morgan fingerprint density at radius 2 is 2.00 bits per heavy atom. The summed E-state index contributed by atoms with van der Waals surface area (Å²) in [7, 11) is 0. The number of aromatic nitrogens is 5. The van der Waals surface area contributed by atoms with Crippen molar-refractivity contribution < 1.29 is 4.39 Å². The van der Waals surface area contributed by atoms with Crippen LogP contribution < -0.4 is 5.32 Å². The van der Waals surface area contributed by atoms with E-state index in [0.29, 0.717) is 28.5 Å². The lowest BCUT2D eigenvalue weighted by Crippen LogP contribution is -2.06. The smallest absolute Gasteiger partial charge is 0.225 e. The fraction of sp³-hybridized carbons (Fsp3) is 0.136.